The van der Waals surface area contributed by atoms with E-state index in [0.29, 0.717) is 12.1 Å². The zero-order chi connectivity index (χ0) is 20.6. The number of hydrogen-bond acceptors (Lipinski definition) is 5. The second-order valence-corrected chi connectivity index (χ2v) is 6.42. The molecule has 28 heavy (non-hydrogen) atoms. The van der Waals surface area contributed by atoms with E-state index in [1.54, 1.807) is 0 Å². The monoisotopic (exact) mass is 407 g/mol. The Bertz CT molecular complexity index is 840. The number of benzene rings is 1. The van der Waals surface area contributed by atoms with Crippen molar-refractivity contribution in [3.8, 4) is 0 Å². The zero-order valence-electron chi connectivity index (χ0n) is 14.3. The normalized spacial score (nSPS) is 20.2. The molecule has 0 aromatic heterocycles. The summed E-state index contributed by atoms with van der Waals surface area (Å²) in [6, 6.07) is 0.160. The van der Waals surface area contributed by atoms with Crippen molar-refractivity contribution in [2.75, 3.05) is 13.1 Å². The van der Waals surface area contributed by atoms with E-state index in [9.17, 15) is 31.1 Å². The molecule has 1 aromatic rings. The molecule has 12 heteroatoms. The number of amides is 1. The van der Waals surface area contributed by atoms with Gasteiger partial charge in [0.25, 0.3) is 0 Å². The van der Waals surface area contributed by atoms with Gasteiger partial charge >= 0.3 is 6.18 Å². The number of carbonyl (C=O) groups is 1. The molecule has 3 rings (SSSR count). The number of alkyl halides is 3. The predicted molar refractivity (Wildman–Crippen MR) is 83.8 cm³/mol. The summed E-state index contributed by atoms with van der Waals surface area (Å²) in [7, 11) is 0. The molecule has 2 N–H and O–H groups in total. The molecule has 1 amide bonds. The summed E-state index contributed by atoms with van der Waals surface area (Å²) >= 11 is 0. The van der Waals surface area contributed by atoms with Gasteiger partial charge in [-0.25, -0.2) is 13.2 Å². The van der Waals surface area contributed by atoms with Crippen LogP contribution >= 0.6 is 0 Å². The molecule has 2 heterocycles. The number of azo groups is 1. The molecule has 1 unspecified atom stereocenters. The van der Waals surface area contributed by atoms with Crippen LogP contribution in [0.1, 0.15) is 12.0 Å². The Morgan fingerprint density at radius 2 is 1.86 bits per heavy atom. The fourth-order valence-electron chi connectivity index (χ4n) is 2.97. The summed E-state index contributed by atoms with van der Waals surface area (Å²) in [6.07, 6.45) is -6.01. The highest BCUT2D eigenvalue weighted by Crippen LogP contribution is 2.35. The van der Waals surface area contributed by atoms with Crippen LogP contribution in [0.25, 0.3) is 0 Å². The Kier molecular flexibility index (Phi) is 5.33. The van der Waals surface area contributed by atoms with Crippen molar-refractivity contribution in [1.29, 1.82) is 0 Å². The van der Waals surface area contributed by atoms with E-state index < -0.39 is 41.7 Å². The fourth-order valence-corrected chi connectivity index (χ4v) is 2.97. The number of halogens is 6. The Labute approximate surface area is 155 Å². The molecule has 0 saturated heterocycles. The second-order valence-electron chi connectivity index (χ2n) is 6.42. The molecule has 6 nitrogen and oxygen atoms in total. The number of nitrogens with zero attached hydrogens (tertiary/aromatic N) is 4. The van der Waals surface area contributed by atoms with E-state index in [4.69, 9.17) is 5.73 Å². The number of nitrogens with two attached hydrogens (primary N) is 1. The van der Waals surface area contributed by atoms with Gasteiger partial charge in [0, 0.05) is 31.6 Å². The molecular weight excluding hydrogens is 392 g/mol. The summed E-state index contributed by atoms with van der Waals surface area (Å²) in [5.74, 6) is -4.17. The number of carbonyl (C=O) groups excluding carboxylic acids is 1. The Morgan fingerprint density at radius 1 is 1.18 bits per heavy atom. The number of rotatable bonds is 4. The SMILES string of the molecule is N[C@@H](CC(=O)N1C=C2N=NC(C(F)(F)F)N2CC1)Cc1cc(F)c(F)cc1F. The molecule has 0 bridgehead atoms. The summed E-state index contributed by atoms with van der Waals surface area (Å²) in [5, 5.41) is 6.63. The van der Waals surface area contributed by atoms with Crippen LogP contribution in [0.3, 0.4) is 0 Å². The van der Waals surface area contributed by atoms with Gasteiger partial charge in [-0.2, -0.15) is 18.3 Å². The van der Waals surface area contributed by atoms with E-state index in [1.165, 1.54) is 0 Å². The van der Waals surface area contributed by atoms with Gasteiger partial charge in [0.15, 0.2) is 17.5 Å². The minimum Gasteiger partial charge on any atom is -0.327 e. The highest BCUT2D eigenvalue weighted by atomic mass is 19.4. The lowest BCUT2D eigenvalue weighted by molar-refractivity contribution is -0.174. The molecule has 2 aliphatic heterocycles. The van der Waals surface area contributed by atoms with Crippen LogP contribution in [0.4, 0.5) is 26.3 Å². The van der Waals surface area contributed by atoms with Crippen molar-refractivity contribution >= 4 is 5.91 Å². The lowest BCUT2D eigenvalue weighted by Gasteiger charge is -2.33. The predicted octanol–water partition coefficient (Wildman–Crippen LogP) is 2.66. The third kappa shape index (κ3) is 4.11. The summed E-state index contributed by atoms with van der Waals surface area (Å²) < 4.78 is 78.4. The molecule has 2 atom stereocenters. The van der Waals surface area contributed by atoms with Gasteiger partial charge in [-0.3, -0.25) is 4.79 Å². The van der Waals surface area contributed by atoms with Gasteiger partial charge in [-0.1, -0.05) is 0 Å². The molecule has 152 valence electrons. The van der Waals surface area contributed by atoms with E-state index in [-0.39, 0.29) is 37.3 Å². The quantitative estimate of drug-likeness (QED) is 0.616. The lowest BCUT2D eigenvalue weighted by atomic mass is 10.0. The van der Waals surface area contributed by atoms with Gasteiger partial charge in [0.05, 0.1) is 6.20 Å². The molecule has 2 aliphatic rings. The van der Waals surface area contributed by atoms with Crippen LogP contribution in [0, 0.1) is 17.5 Å². The molecule has 0 saturated carbocycles. The molecule has 0 radical (unpaired) electrons. The Morgan fingerprint density at radius 3 is 2.54 bits per heavy atom. The van der Waals surface area contributed by atoms with Crippen molar-refractivity contribution in [2.24, 2.45) is 16.0 Å². The van der Waals surface area contributed by atoms with Crippen LogP contribution in [0.2, 0.25) is 0 Å². The summed E-state index contributed by atoms with van der Waals surface area (Å²) in [4.78, 5) is 14.4. The van der Waals surface area contributed by atoms with E-state index in [1.807, 2.05) is 0 Å². The first-order chi connectivity index (χ1) is 13.1. The molecule has 0 fully saturated rings. The van der Waals surface area contributed by atoms with Crippen LogP contribution in [0.15, 0.2) is 34.4 Å². The van der Waals surface area contributed by atoms with Gasteiger partial charge in [0.2, 0.25) is 12.1 Å². The Balaban J connectivity index is 1.62. The fraction of sp³-hybridized carbons (Fsp3) is 0.438. The first-order valence-electron chi connectivity index (χ1n) is 8.20. The van der Waals surface area contributed by atoms with Gasteiger partial charge in [-0.05, 0) is 18.1 Å². The van der Waals surface area contributed by atoms with Crippen LogP contribution in [0.5, 0.6) is 0 Å². The van der Waals surface area contributed by atoms with Gasteiger partial charge in [-0.15, -0.1) is 5.11 Å². The van der Waals surface area contributed by atoms with Crippen LogP contribution in [-0.2, 0) is 11.2 Å². The molecular formula is C16H15F6N5O. The van der Waals surface area contributed by atoms with E-state index in [0.717, 1.165) is 16.0 Å². The molecule has 0 spiro atoms. The lowest BCUT2D eigenvalue weighted by Crippen LogP contribution is -2.48. The van der Waals surface area contributed by atoms with Crippen molar-refractivity contribution in [3.05, 3.63) is 47.2 Å². The van der Waals surface area contributed by atoms with Gasteiger partial charge in [0.1, 0.15) is 5.82 Å². The summed E-state index contributed by atoms with van der Waals surface area (Å²) in [6.45, 7) is -0.159. The first kappa shape index (κ1) is 20.1. The highest BCUT2D eigenvalue weighted by Gasteiger charge is 2.49. The highest BCUT2D eigenvalue weighted by molar-refractivity contribution is 5.78. The zero-order valence-corrected chi connectivity index (χ0v) is 14.3. The standard InChI is InChI=1S/C16H15F6N5O/c17-10-6-12(19)11(18)4-8(10)3-9(23)5-14(28)26-1-2-27-13(7-26)24-25-15(27)16(20,21)22/h4,6-7,9,15H,1-3,5,23H2/t9-,15?/m1/s1. The maximum absolute atomic E-state index is 13.7. The minimum absolute atomic E-state index is 0.0355. The Hall–Kier alpha value is -2.63. The van der Waals surface area contributed by atoms with Crippen molar-refractivity contribution in [3.63, 3.8) is 0 Å². The van der Waals surface area contributed by atoms with E-state index in [2.05, 4.69) is 10.2 Å². The van der Waals surface area contributed by atoms with Crippen molar-refractivity contribution in [1.82, 2.24) is 9.80 Å². The molecule has 0 aliphatic carbocycles. The topological polar surface area (TPSA) is 74.3 Å². The average molecular weight is 407 g/mol. The van der Waals surface area contributed by atoms with E-state index >= 15 is 0 Å². The number of hydrogen-bond donors (Lipinski definition) is 1. The second kappa shape index (κ2) is 7.41. The number of fused-ring (bicyclic) bond motifs is 1. The third-order valence-electron chi connectivity index (χ3n) is 4.33. The van der Waals surface area contributed by atoms with Gasteiger partial charge < -0.3 is 15.5 Å². The maximum Gasteiger partial charge on any atom is 0.431 e. The smallest absolute Gasteiger partial charge is 0.327 e. The molecule has 1 aromatic carbocycles. The average Bonchev–Trinajstić information content (AvgIpc) is 3.03. The first-order valence-corrected chi connectivity index (χ1v) is 8.20. The summed E-state index contributed by atoms with van der Waals surface area (Å²) in [5.41, 5.74) is 5.62. The van der Waals surface area contributed by atoms with Crippen molar-refractivity contribution in [2.45, 2.75) is 31.2 Å². The van der Waals surface area contributed by atoms with Crippen LogP contribution in [-0.4, -0.2) is 47.2 Å². The minimum atomic E-state index is -4.58. The largest absolute Gasteiger partial charge is 0.431 e. The maximum atomic E-state index is 13.7. The van der Waals surface area contributed by atoms with Crippen molar-refractivity contribution < 1.29 is 31.1 Å². The third-order valence-corrected chi connectivity index (χ3v) is 4.33. The van der Waals surface area contributed by atoms with Crippen LogP contribution < -0.4 is 5.73 Å².